The lowest BCUT2D eigenvalue weighted by Gasteiger charge is -2.33. The fraction of sp³-hybridized carbons (Fsp3) is 1.00. The van der Waals surface area contributed by atoms with Crippen molar-refractivity contribution in [3.8, 4) is 0 Å². The van der Waals surface area contributed by atoms with Gasteiger partial charge in [-0.3, -0.25) is 0 Å². The van der Waals surface area contributed by atoms with Crippen molar-refractivity contribution in [1.29, 1.82) is 0 Å². The van der Waals surface area contributed by atoms with Gasteiger partial charge in [0.25, 0.3) is 0 Å². The van der Waals surface area contributed by atoms with E-state index in [0.717, 1.165) is 24.9 Å². The maximum absolute atomic E-state index is 3.64. The maximum Gasteiger partial charge on any atom is 0.0218 e. The van der Waals surface area contributed by atoms with Gasteiger partial charge in [-0.25, -0.2) is 0 Å². The van der Waals surface area contributed by atoms with Crippen LogP contribution in [-0.2, 0) is 0 Å². The highest BCUT2D eigenvalue weighted by atomic mass is 15.0. The maximum atomic E-state index is 3.64. The van der Waals surface area contributed by atoms with Crippen LogP contribution in [0.2, 0.25) is 0 Å². The molecular formula is C14H30N2. The molecule has 1 rings (SSSR count). The highest BCUT2D eigenvalue weighted by Crippen LogP contribution is 2.24. The van der Waals surface area contributed by atoms with Crippen LogP contribution in [0.25, 0.3) is 0 Å². The average Bonchev–Trinajstić information content (AvgIpc) is 2.20. The van der Waals surface area contributed by atoms with Gasteiger partial charge in [-0.15, -0.1) is 0 Å². The molecule has 2 N–H and O–H groups in total. The van der Waals surface area contributed by atoms with Crippen LogP contribution in [0, 0.1) is 17.3 Å². The molecule has 0 bridgehead atoms. The molecule has 1 aliphatic heterocycles. The Labute approximate surface area is 102 Å². The Bertz CT molecular complexity index is 199. The van der Waals surface area contributed by atoms with Gasteiger partial charge in [-0.2, -0.15) is 0 Å². The lowest BCUT2D eigenvalue weighted by Crippen LogP contribution is -2.48. The lowest BCUT2D eigenvalue weighted by atomic mass is 9.81. The van der Waals surface area contributed by atoms with E-state index in [9.17, 15) is 0 Å². The van der Waals surface area contributed by atoms with Gasteiger partial charge in [-0.1, -0.05) is 34.6 Å². The first-order valence-corrected chi connectivity index (χ1v) is 6.87. The highest BCUT2D eigenvalue weighted by molar-refractivity contribution is 4.82. The third-order valence-corrected chi connectivity index (χ3v) is 4.44. The largest absolute Gasteiger partial charge is 0.315 e. The fourth-order valence-electron chi connectivity index (χ4n) is 2.14. The SMILES string of the molecule is CC1CCCNC1CNCC(C)(C)C(C)C. The van der Waals surface area contributed by atoms with Crippen LogP contribution in [0.5, 0.6) is 0 Å². The molecule has 2 nitrogen and oxygen atoms in total. The van der Waals surface area contributed by atoms with E-state index in [1.54, 1.807) is 0 Å². The Balaban J connectivity index is 2.24. The molecule has 96 valence electrons. The molecule has 1 aliphatic rings. The monoisotopic (exact) mass is 226 g/mol. The van der Waals surface area contributed by atoms with Gasteiger partial charge in [0.2, 0.25) is 0 Å². The number of piperidine rings is 1. The quantitative estimate of drug-likeness (QED) is 0.753. The van der Waals surface area contributed by atoms with Crippen molar-refractivity contribution < 1.29 is 0 Å². The first kappa shape index (κ1) is 14.0. The number of hydrogen-bond acceptors (Lipinski definition) is 2. The van der Waals surface area contributed by atoms with Gasteiger partial charge < -0.3 is 10.6 Å². The molecule has 0 radical (unpaired) electrons. The zero-order valence-electron chi connectivity index (χ0n) is 11.8. The molecule has 2 unspecified atom stereocenters. The summed E-state index contributed by atoms with van der Waals surface area (Å²) in [6.45, 7) is 15.1. The van der Waals surface area contributed by atoms with Crippen LogP contribution in [0.15, 0.2) is 0 Å². The Hall–Kier alpha value is -0.0800. The summed E-state index contributed by atoms with van der Waals surface area (Å²) in [4.78, 5) is 0. The van der Waals surface area contributed by atoms with Crippen LogP contribution in [0.3, 0.4) is 0 Å². The fourth-order valence-corrected chi connectivity index (χ4v) is 2.14. The molecule has 2 atom stereocenters. The molecule has 1 fully saturated rings. The normalized spacial score (nSPS) is 27.4. The van der Waals surface area contributed by atoms with Crippen molar-refractivity contribution in [3.63, 3.8) is 0 Å². The van der Waals surface area contributed by atoms with Crippen LogP contribution in [-0.4, -0.2) is 25.7 Å². The third kappa shape index (κ3) is 4.06. The zero-order valence-corrected chi connectivity index (χ0v) is 11.8. The molecule has 0 aliphatic carbocycles. The van der Waals surface area contributed by atoms with Crippen LogP contribution in [0.1, 0.15) is 47.5 Å². The summed E-state index contributed by atoms with van der Waals surface area (Å²) in [5, 5.41) is 7.27. The van der Waals surface area contributed by atoms with E-state index in [4.69, 9.17) is 0 Å². The molecule has 0 aromatic heterocycles. The highest BCUT2D eigenvalue weighted by Gasteiger charge is 2.24. The van der Waals surface area contributed by atoms with Crippen molar-refractivity contribution in [2.75, 3.05) is 19.6 Å². The summed E-state index contributed by atoms with van der Waals surface area (Å²) in [6.07, 6.45) is 2.72. The number of rotatable bonds is 5. The first-order valence-electron chi connectivity index (χ1n) is 6.87. The van der Waals surface area contributed by atoms with Gasteiger partial charge in [-0.05, 0) is 36.6 Å². The van der Waals surface area contributed by atoms with E-state index in [-0.39, 0.29) is 0 Å². The smallest absolute Gasteiger partial charge is 0.0218 e. The minimum atomic E-state index is 0.401. The standard InChI is InChI=1S/C14H30N2/c1-11(2)14(4,5)10-15-9-13-12(3)7-6-8-16-13/h11-13,15-16H,6-10H2,1-5H3. The molecule has 0 spiro atoms. The summed E-state index contributed by atoms with van der Waals surface area (Å²) in [7, 11) is 0. The predicted octanol–water partition coefficient (Wildman–Crippen LogP) is 2.65. The van der Waals surface area contributed by atoms with Gasteiger partial charge in [0.05, 0.1) is 0 Å². The molecular weight excluding hydrogens is 196 g/mol. The van der Waals surface area contributed by atoms with Crippen molar-refractivity contribution in [2.45, 2.75) is 53.5 Å². The Kier molecular flexibility index (Phi) is 5.26. The molecule has 0 saturated carbocycles. The van der Waals surface area contributed by atoms with Crippen LogP contribution in [0.4, 0.5) is 0 Å². The molecule has 0 aromatic carbocycles. The zero-order chi connectivity index (χ0) is 12.2. The minimum absolute atomic E-state index is 0.401. The van der Waals surface area contributed by atoms with Crippen molar-refractivity contribution >= 4 is 0 Å². The van der Waals surface area contributed by atoms with E-state index in [2.05, 4.69) is 45.3 Å². The van der Waals surface area contributed by atoms with E-state index < -0.39 is 0 Å². The Morgan fingerprint density at radius 1 is 1.38 bits per heavy atom. The summed E-state index contributed by atoms with van der Waals surface area (Å²) >= 11 is 0. The van der Waals surface area contributed by atoms with E-state index in [1.807, 2.05) is 0 Å². The Morgan fingerprint density at radius 3 is 2.62 bits per heavy atom. The number of nitrogens with one attached hydrogen (secondary N) is 2. The molecule has 16 heavy (non-hydrogen) atoms. The predicted molar refractivity (Wildman–Crippen MR) is 71.7 cm³/mol. The van der Waals surface area contributed by atoms with Crippen molar-refractivity contribution in [2.24, 2.45) is 17.3 Å². The van der Waals surface area contributed by atoms with Gasteiger partial charge in [0.15, 0.2) is 0 Å². The average molecular weight is 226 g/mol. The lowest BCUT2D eigenvalue weighted by molar-refractivity contribution is 0.222. The topological polar surface area (TPSA) is 24.1 Å². The first-order chi connectivity index (χ1) is 7.43. The minimum Gasteiger partial charge on any atom is -0.315 e. The van der Waals surface area contributed by atoms with Crippen molar-refractivity contribution in [3.05, 3.63) is 0 Å². The number of hydrogen-bond donors (Lipinski definition) is 2. The van der Waals surface area contributed by atoms with Crippen LogP contribution < -0.4 is 10.6 Å². The second kappa shape index (κ2) is 6.02. The summed E-state index contributed by atoms with van der Waals surface area (Å²) in [6, 6.07) is 0.678. The third-order valence-electron chi connectivity index (χ3n) is 4.44. The van der Waals surface area contributed by atoms with Gasteiger partial charge >= 0.3 is 0 Å². The van der Waals surface area contributed by atoms with Crippen LogP contribution >= 0.6 is 0 Å². The summed E-state index contributed by atoms with van der Waals surface area (Å²) < 4.78 is 0. The van der Waals surface area contributed by atoms with Gasteiger partial charge in [0.1, 0.15) is 0 Å². The van der Waals surface area contributed by atoms with Crippen molar-refractivity contribution in [1.82, 2.24) is 10.6 Å². The molecule has 0 aromatic rings. The van der Waals surface area contributed by atoms with E-state index >= 15 is 0 Å². The molecule has 0 amide bonds. The van der Waals surface area contributed by atoms with E-state index in [1.165, 1.54) is 19.4 Å². The summed E-state index contributed by atoms with van der Waals surface area (Å²) in [5.74, 6) is 1.56. The van der Waals surface area contributed by atoms with E-state index in [0.29, 0.717) is 11.5 Å². The second-order valence-electron chi connectivity index (χ2n) is 6.45. The summed E-state index contributed by atoms with van der Waals surface area (Å²) in [5.41, 5.74) is 0.401. The second-order valence-corrected chi connectivity index (χ2v) is 6.45. The Morgan fingerprint density at radius 2 is 2.06 bits per heavy atom. The molecule has 1 heterocycles. The molecule has 1 saturated heterocycles. The van der Waals surface area contributed by atoms with Gasteiger partial charge in [0, 0.05) is 19.1 Å². The molecule has 2 heteroatoms.